The number of carbonyl (C=O) groups excluding carboxylic acids is 2. The van der Waals surface area contributed by atoms with Gasteiger partial charge >= 0.3 is 12.1 Å². The second kappa shape index (κ2) is 9.26. The number of nitrogens with one attached hydrogen (secondary N) is 2. The van der Waals surface area contributed by atoms with Crippen LogP contribution < -0.4 is 10.6 Å². The monoisotopic (exact) mass is 412 g/mol. The lowest BCUT2D eigenvalue weighted by molar-refractivity contribution is -0.173. The number of hydrogen-bond acceptors (Lipinski definition) is 2. The van der Waals surface area contributed by atoms with Gasteiger partial charge in [0.05, 0.1) is 5.92 Å². The molecule has 0 radical (unpaired) electrons. The van der Waals surface area contributed by atoms with Crippen LogP contribution in [0.1, 0.15) is 22.6 Å². The van der Waals surface area contributed by atoms with Gasteiger partial charge in [0.15, 0.2) is 0 Å². The Morgan fingerprint density at radius 3 is 1.90 bits per heavy atom. The van der Waals surface area contributed by atoms with Crippen molar-refractivity contribution in [3.63, 3.8) is 0 Å². The van der Waals surface area contributed by atoms with E-state index in [4.69, 9.17) is 0 Å². The molecule has 0 spiro atoms. The summed E-state index contributed by atoms with van der Waals surface area (Å²) in [5, 5.41) is 4.64. The molecule has 0 aliphatic rings. The molecule has 0 fully saturated rings. The van der Waals surface area contributed by atoms with Crippen LogP contribution in [-0.2, 0) is 16.1 Å². The summed E-state index contributed by atoms with van der Waals surface area (Å²) in [6, 6.07) is 24.9. The largest absolute Gasteiger partial charge is 0.471 e. The molecule has 0 saturated carbocycles. The summed E-state index contributed by atoms with van der Waals surface area (Å²) < 4.78 is 37.0. The molecular weight excluding hydrogens is 393 g/mol. The first-order chi connectivity index (χ1) is 14.3. The minimum absolute atomic E-state index is 0.274. The molecule has 154 valence electrons. The fourth-order valence-electron chi connectivity index (χ4n) is 3.04. The van der Waals surface area contributed by atoms with Gasteiger partial charge in [-0.2, -0.15) is 13.2 Å². The van der Waals surface area contributed by atoms with Crippen LogP contribution in [0.4, 0.5) is 18.9 Å². The van der Waals surface area contributed by atoms with Crippen molar-refractivity contribution in [2.75, 3.05) is 5.32 Å². The highest BCUT2D eigenvalue weighted by Crippen LogP contribution is 2.26. The van der Waals surface area contributed by atoms with Gasteiger partial charge in [0.1, 0.15) is 0 Å². The minimum Gasteiger partial charge on any atom is -0.344 e. The van der Waals surface area contributed by atoms with Crippen molar-refractivity contribution in [2.45, 2.75) is 18.6 Å². The van der Waals surface area contributed by atoms with Gasteiger partial charge in [0.25, 0.3) is 0 Å². The summed E-state index contributed by atoms with van der Waals surface area (Å²) >= 11 is 0. The van der Waals surface area contributed by atoms with Crippen LogP contribution in [0, 0.1) is 0 Å². The molecule has 3 aromatic rings. The second-order valence-electron chi connectivity index (χ2n) is 6.62. The fourth-order valence-corrected chi connectivity index (χ4v) is 3.04. The molecule has 0 aliphatic carbocycles. The van der Waals surface area contributed by atoms with Gasteiger partial charge < -0.3 is 10.6 Å². The summed E-state index contributed by atoms with van der Waals surface area (Å²) in [5.41, 5.74) is 2.49. The standard InChI is InChI=1S/C23H19F3N2O2/c24-23(25,26)22(30)27-15-16-8-7-13-19(14-16)28-21(29)20(17-9-3-1-4-10-17)18-11-5-2-6-12-18/h1-14,20H,15H2,(H,27,30)(H,28,29). The molecule has 3 rings (SSSR count). The van der Waals surface area contributed by atoms with Gasteiger partial charge in [0, 0.05) is 12.2 Å². The average Bonchev–Trinajstić information content (AvgIpc) is 2.73. The quantitative estimate of drug-likeness (QED) is 0.620. The zero-order valence-corrected chi connectivity index (χ0v) is 15.8. The van der Waals surface area contributed by atoms with Crippen molar-refractivity contribution >= 4 is 17.5 Å². The Morgan fingerprint density at radius 2 is 1.37 bits per heavy atom. The number of rotatable bonds is 6. The van der Waals surface area contributed by atoms with E-state index in [0.29, 0.717) is 11.3 Å². The van der Waals surface area contributed by atoms with E-state index >= 15 is 0 Å². The summed E-state index contributed by atoms with van der Waals surface area (Å²) in [7, 11) is 0. The van der Waals surface area contributed by atoms with Crippen LogP contribution in [0.5, 0.6) is 0 Å². The van der Waals surface area contributed by atoms with E-state index in [1.807, 2.05) is 66.0 Å². The van der Waals surface area contributed by atoms with Crippen LogP contribution in [0.15, 0.2) is 84.9 Å². The Morgan fingerprint density at radius 1 is 0.800 bits per heavy atom. The first-order valence-electron chi connectivity index (χ1n) is 9.19. The van der Waals surface area contributed by atoms with Crippen LogP contribution >= 0.6 is 0 Å². The minimum atomic E-state index is -4.94. The van der Waals surface area contributed by atoms with E-state index in [1.165, 1.54) is 6.07 Å². The summed E-state index contributed by atoms with van der Waals surface area (Å²) in [6.45, 7) is -0.303. The summed E-state index contributed by atoms with van der Waals surface area (Å²) in [4.78, 5) is 24.1. The van der Waals surface area contributed by atoms with Gasteiger partial charge in [-0.25, -0.2) is 0 Å². The first kappa shape index (κ1) is 21.1. The van der Waals surface area contributed by atoms with Crippen LogP contribution in [-0.4, -0.2) is 18.0 Å². The highest BCUT2D eigenvalue weighted by atomic mass is 19.4. The van der Waals surface area contributed by atoms with Crippen LogP contribution in [0.25, 0.3) is 0 Å². The third kappa shape index (κ3) is 5.47. The molecule has 2 amide bonds. The number of halogens is 3. The molecule has 0 unspecified atom stereocenters. The molecule has 3 aromatic carbocycles. The molecule has 0 aromatic heterocycles. The number of alkyl halides is 3. The van der Waals surface area contributed by atoms with Crippen LogP contribution in [0.2, 0.25) is 0 Å². The first-order valence-corrected chi connectivity index (χ1v) is 9.19. The van der Waals surface area contributed by atoms with Gasteiger partial charge in [-0.1, -0.05) is 72.8 Å². The molecule has 0 atom stereocenters. The lowest BCUT2D eigenvalue weighted by Gasteiger charge is -2.18. The fraction of sp³-hybridized carbons (Fsp3) is 0.130. The number of carbonyl (C=O) groups is 2. The van der Waals surface area contributed by atoms with Gasteiger partial charge in [-0.15, -0.1) is 0 Å². The molecule has 30 heavy (non-hydrogen) atoms. The molecule has 0 aliphatic heterocycles. The van der Waals surface area contributed by atoms with E-state index < -0.39 is 18.0 Å². The van der Waals surface area contributed by atoms with Crippen molar-refractivity contribution in [1.82, 2.24) is 5.32 Å². The Hall–Kier alpha value is -3.61. The summed E-state index contributed by atoms with van der Waals surface area (Å²) in [6.07, 6.45) is -4.94. The number of benzene rings is 3. The molecule has 2 N–H and O–H groups in total. The van der Waals surface area contributed by atoms with Gasteiger partial charge in [-0.3, -0.25) is 9.59 Å². The maximum absolute atomic E-state index is 13.1. The molecule has 0 heterocycles. The van der Waals surface area contributed by atoms with E-state index in [-0.39, 0.29) is 12.5 Å². The molecule has 0 bridgehead atoms. The Kier molecular flexibility index (Phi) is 6.51. The molecule has 4 nitrogen and oxygen atoms in total. The lowest BCUT2D eigenvalue weighted by atomic mass is 9.90. The zero-order valence-electron chi connectivity index (χ0n) is 15.8. The van der Waals surface area contributed by atoms with Gasteiger partial charge in [-0.05, 0) is 28.8 Å². The highest BCUT2D eigenvalue weighted by Gasteiger charge is 2.38. The molecule has 0 saturated heterocycles. The van der Waals surface area contributed by atoms with Crippen molar-refractivity contribution < 1.29 is 22.8 Å². The van der Waals surface area contributed by atoms with E-state index in [2.05, 4.69) is 5.32 Å². The third-order valence-electron chi connectivity index (χ3n) is 4.43. The maximum atomic E-state index is 13.1. The summed E-state index contributed by atoms with van der Waals surface area (Å²) in [5.74, 6) is -2.84. The molecular formula is C23H19F3N2O2. The van der Waals surface area contributed by atoms with Crippen molar-refractivity contribution in [1.29, 1.82) is 0 Å². The number of hydrogen-bond donors (Lipinski definition) is 2. The smallest absolute Gasteiger partial charge is 0.344 e. The number of amides is 2. The van der Waals surface area contributed by atoms with Crippen molar-refractivity contribution in [3.05, 3.63) is 102 Å². The van der Waals surface area contributed by atoms with Crippen LogP contribution in [0.3, 0.4) is 0 Å². The second-order valence-corrected chi connectivity index (χ2v) is 6.62. The Balaban J connectivity index is 1.77. The predicted molar refractivity (Wildman–Crippen MR) is 108 cm³/mol. The topological polar surface area (TPSA) is 58.2 Å². The Labute approximate surface area is 171 Å². The SMILES string of the molecule is O=C(Nc1cccc(CNC(=O)C(F)(F)F)c1)C(c1ccccc1)c1ccccc1. The average molecular weight is 412 g/mol. The lowest BCUT2D eigenvalue weighted by Crippen LogP contribution is -2.36. The van der Waals surface area contributed by atoms with E-state index in [0.717, 1.165) is 11.1 Å². The zero-order chi connectivity index (χ0) is 21.6. The van der Waals surface area contributed by atoms with Gasteiger partial charge in [0.2, 0.25) is 5.91 Å². The Bertz CT molecular complexity index is 966. The van der Waals surface area contributed by atoms with Crippen molar-refractivity contribution in [3.8, 4) is 0 Å². The van der Waals surface area contributed by atoms with E-state index in [1.54, 1.807) is 18.2 Å². The normalized spacial score (nSPS) is 11.2. The van der Waals surface area contributed by atoms with Crippen molar-refractivity contribution in [2.24, 2.45) is 0 Å². The highest BCUT2D eigenvalue weighted by molar-refractivity contribution is 5.98. The molecule has 7 heteroatoms. The number of anilines is 1. The van der Waals surface area contributed by atoms with E-state index in [9.17, 15) is 22.8 Å². The predicted octanol–water partition coefficient (Wildman–Crippen LogP) is 4.64. The third-order valence-corrected chi connectivity index (χ3v) is 4.43. The maximum Gasteiger partial charge on any atom is 0.471 e.